The van der Waals surface area contributed by atoms with Crippen molar-refractivity contribution in [3.05, 3.63) is 21.6 Å². The maximum Gasteiger partial charge on any atom is 0.167 e. The second-order valence-electron chi connectivity index (χ2n) is 5.50. The van der Waals surface area contributed by atoms with Crippen molar-refractivity contribution in [1.82, 2.24) is 15.1 Å². The molecule has 6 heteroatoms. The number of aromatic nitrogens is 3. The molecule has 112 valence electrons. The zero-order valence-corrected chi connectivity index (χ0v) is 14.1. The van der Waals surface area contributed by atoms with Gasteiger partial charge in [0.15, 0.2) is 5.82 Å². The molecule has 2 heterocycles. The van der Waals surface area contributed by atoms with E-state index in [-0.39, 0.29) is 0 Å². The minimum Gasteiger partial charge on any atom is -0.369 e. The van der Waals surface area contributed by atoms with Crippen LogP contribution in [0.2, 0.25) is 0 Å². The lowest BCUT2D eigenvalue weighted by atomic mass is 10.1. The highest BCUT2D eigenvalue weighted by Gasteiger charge is 2.30. The third-order valence-corrected chi connectivity index (χ3v) is 4.42. The Kier molecular flexibility index (Phi) is 3.97. The van der Waals surface area contributed by atoms with Crippen LogP contribution in [-0.2, 0) is 0 Å². The van der Waals surface area contributed by atoms with Crippen LogP contribution < -0.4 is 5.32 Å². The first-order valence-corrected chi connectivity index (χ1v) is 8.15. The molecule has 1 saturated carbocycles. The third kappa shape index (κ3) is 2.81. The van der Waals surface area contributed by atoms with Crippen LogP contribution in [-0.4, -0.2) is 21.7 Å². The molecule has 0 saturated heterocycles. The number of anilines is 1. The van der Waals surface area contributed by atoms with E-state index < -0.39 is 0 Å². The van der Waals surface area contributed by atoms with Crippen molar-refractivity contribution >= 4 is 21.7 Å². The van der Waals surface area contributed by atoms with Crippen LogP contribution in [0.25, 0.3) is 11.4 Å². The standard InChI is InChI=1S/C15H19BrN4O/c1-4-7-17-15-12(16)13(10-5-6-10)18-14(19-15)11-8(2)20-21-9(11)3/h10H,4-7H2,1-3H3,(H,17,18,19). The number of nitrogens with zero attached hydrogens (tertiary/aromatic N) is 3. The topological polar surface area (TPSA) is 63.8 Å². The third-order valence-electron chi connectivity index (χ3n) is 3.64. The molecule has 0 spiro atoms. The van der Waals surface area contributed by atoms with Crippen molar-refractivity contribution in [2.45, 2.75) is 46.0 Å². The van der Waals surface area contributed by atoms with Gasteiger partial charge in [-0.25, -0.2) is 9.97 Å². The Morgan fingerprint density at radius 1 is 1.29 bits per heavy atom. The molecule has 21 heavy (non-hydrogen) atoms. The number of halogens is 1. The monoisotopic (exact) mass is 350 g/mol. The highest BCUT2D eigenvalue weighted by atomic mass is 79.9. The first-order valence-electron chi connectivity index (χ1n) is 7.36. The Morgan fingerprint density at radius 2 is 2.05 bits per heavy atom. The quantitative estimate of drug-likeness (QED) is 0.874. The predicted molar refractivity (Wildman–Crippen MR) is 85.5 cm³/mol. The van der Waals surface area contributed by atoms with Gasteiger partial charge in [0.1, 0.15) is 11.6 Å². The lowest BCUT2D eigenvalue weighted by Crippen LogP contribution is -2.07. The Labute approximate surface area is 132 Å². The van der Waals surface area contributed by atoms with Gasteiger partial charge >= 0.3 is 0 Å². The highest BCUT2D eigenvalue weighted by Crippen LogP contribution is 2.44. The lowest BCUT2D eigenvalue weighted by Gasteiger charge is -2.12. The smallest absolute Gasteiger partial charge is 0.167 e. The zero-order valence-electron chi connectivity index (χ0n) is 12.5. The molecule has 1 N–H and O–H groups in total. The summed E-state index contributed by atoms with van der Waals surface area (Å²) in [6.07, 6.45) is 3.45. The molecule has 3 rings (SSSR count). The van der Waals surface area contributed by atoms with Crippen molar-refractivity contribution in [3.63, 3.8) is 0 Å². The van der Waals surface area contributed by atoms with E-state index in [2.05, 4.69) is 38.3 Å². The van der Waals surface area contributed by atoms with Crippen molar-refractivity contribution in [3.8, 4) is 11.4 Å². The lowest BCUT2D eigenvalue weighted by molar-refractivity contribution is 0.393. The Balaban J connectivity index is 2.10. The first kappa shape index (κ1) is 14.5. The summed E-state index contributed by atoms with van der Waals surface area (Å²) in [6.45, 7) is 6.85. The van der Waals surface area contributed by atoms with Crippen LogP contribution in [0.4, 0.5) is 5.82 Å². The number of aryl methyl sites for hydroxylation is 2. The van der Waals surface area contributed by atoms with Crippen LogP contribution in [0.15, 0.2) is 9.00 Å². The van der Waals surface area contributed by atoms with Crippen molar-refractivity contribution in [2.24, 2.45) is 0 Å². The van der Waals surface area contributed by atoms with Crippen molar-refractivity contribution < 1.29 is 4.52 Å². The number of nitrogens with one attached hydrogen (secondary N) is 1. The predicted octanol–water partition coefficient (Wildman–Crippen LogP) is 4.21. The van der Waals surface area contributed by atoms with E-state index in [0.717, 1.165) is 46.0 Å². The van der Waals surface area contributed by atoms with Crippen LogP contribution in [0, 0.1) is 13.8 Å². The second kappa shape index (κ2) is 5.75. The summed E-state index contributed by atoms with van der Waals surface area (Å²) >= 11 is 3.66. The van der Waals surface area contributed by atoms with Gasteiger partial charge in [-0.15, -0.1) is 0 Å². The second-order valence-corrected chi connectivity index (χ2v) is 6.29. The molecule has 2 aromatic heterocycles. The van der Waals surface area contributed by atoms with Crippen LogP contribution >= 0.6 is 15.9 Å². The van der Waals surface area contributed by atoms with Gasteiger partial charge in [0.05, 0.1) is 21.4 Å². The van der Waals surface area contributed by atoms with Gasteiger partial charge < -0.3 is 9.84 Å². The molecular formula is C15H19BrN4O. The van der Waals surface area contributed by atoms with E-state index in [9.17, 15) is 0 Å². The van der Waals surface area contributed by atoms with Gasteiger partial charge in [-0.05, 0) is 49.0 Å². The van der Waals surface area contributed by atoms with Gasteiger partial charge in [0.2, 0.25) is 0 Å². The summed E-state index contributed by atoms with van der Waals surface area (Å²) in [7, 11) is 0. The fourth-order valence-corrected chi connectivity index (χ4v) is 3.01. The maximum absolute atomic E-state index is 5.25. The normalized spacial score (nSPS) is 14.5. The Bertz CT molecular complexity index is 644. The van der Waals surface area contributed by atoms with Crippen molar-refractivity contribution in [2.75, 3.05) is 11.9 Å². The molecule has 0 radical (unpaired) electrons. The molecule has 0 bridgehead atoms. The van der Waals surface area contributed by atoms with E-state index in [1.165, 1.54) is 12.8 Å². The fourth-order valence-electron chi connectivity index (χ4n) is 2.37. The molecule has 5 nitrogen and oxygen atoms in total. The molecule has 0 atom stereocenters. The van der Waals surface area contributed by atoms with Gasteiger partial charge in [0, 0.05) is 12.5 Å². The van der Waals surface area contributed by atoms with Gasteiger partial charge in [-0.3, -0.25) is 0 Å². The van der Waals surface area contributed by atoms with Gasteiger partial charge in [-0.2, -0.15) is 0 Å². The van der Waals surface area contributed by atoms with E-state index in [0.29, 0.717) is 11.7 Å². The molecule has 1 aliphatic carbocycles. The average Bonchev–Trinajstić information content (AvgIpc) is 3.25. The number of hydrogen-bond donors (Lipinski definition) is 1. The number of hydrogen-bond acceptors (Lipinski definition) is 5. The molecule has 0 amide bonds. The summed E-state index contributed by atoms with van der Waals surface area (Å²) in [4.78, 5) is 9.44. The van der Waals surface area contributed by atoms with Gasteiger partial charge in [0.25, 0.3) is 0 Å². The van der Waals surface area contributed by atoms with E-state index in [1.807, 2.05) is 13.8 Å². The molecular weight excluding hydrogens is 332 g/mol. The van der Waals surface area contributed by atoms with Gasteiger partial charge in [-0.1, -0.05) is 12.1 Å². The summed E-state index contributed by atoms with van der Waals surface area (Å²) in [5, 5.41) is 7.39. The average molecular weight is 351 g/mol. The molecule has 2 aromatic rings. The number of rotatable bonds is 5. The van der Waals surface area contributed by atoms with E-state index in [1.54, 1.807) is 0 Å². The van der Waals surface area contributed by atoms with Crippen LogP contribution in [0.1, 0.15) is 49.3 Å². The zero-order chi connectivity index (χ0) is 15.0. The van der Waals surface area contributed by atoms with Crippen LogP contribution in [0.3, 0.4) is 0 Å². The summed E-state index contributed by atoms with van der Waals surface area (Å²) in [5.74, 6) is 2.88. The maximum atomic E-state index is 5.25. The van der Waals surface area contributed by atoms with Crippen molar-refractivity contribution in [1.29, 1.82) is 0 Å². The molecule has 1 fully saturated rings. The SMILES string of the molecule is CCCNc1nc(-c2c(C)noc2C)nc(C2CC2)c1Br. The molecule has 0 aliphatic heterocycles. The van der Waals surface area contributed by atoms with E-state index in [4.69, 9.17) is 9.51 Å². The highest BCUT2D eigenvalue weighted by molar-refractivity contribution is 9.10. The summed E-state index contributed by atoms with van der Waals surface area (Å²) < 4.78 is 6.25. The molecule has 1 aliphatic rings. The molecule has 0 aromatic carbocycles. The Hall–Kier alpha value is -1.43. The minimum absolute atomic E-state index is 0.545. The molecule has 0 unspecified atom stereocenters. The van der Waals surface area contributed by atoms with Crippen LogP contribution in [0.5, 0.6) is 0 Å². The largest absolute Gasteiger partial charge is 0.369 e. The Morgan fingerprint density at radius 3 is 2.62 bits per heavy atom. The summed E-state index contributed by atoms with van der Waals surface area (Å²) in [5.41, 5.74) is 2.83. The van der Waals surface area contributed by atoms with E-state index >= 15 is 0 Å². The fraction of sp³-hybridized carbons (Fsp3) is 0.533. The first-order chi connectivity index (χ1) is 10.1. The summed E-state index contributed by atoms with van der Waals surface area (Å²) in [6, 6.07) is 0. The minimum atomic E-state index is 0.545.